The second kappa shape index (κ2) is 7.78. The second-order valence-electron chi connectivity index (χ2n) is 5.02. The van der Waals surface area contributed by atoms with Gasteiger partial charge in [0.1, 0.15) is 0 Å². The van der Waals surface area contributed by atoms with Crippen molar-refractivity contribution in [2.75, 3.05) is 0 Å². The van der Waals surface area contributed by atoms with E-state index in [1.54, 1.807) is 0 Å². The van der Waals surface area contributed by atoms with Gasteiger partial charge in [-0.25, -0.2) is 9.59 Å². The van der Waals surface area contributed by atoms with Gasteiger partial charge in [-0.3, -0.25) is 4.79 Å². The van der Waals surface area contributed by atoms with Crippen LogP contribution in [0.5, 0.6) is 0 Å². The van der Waals surface area contributed by atoms with Crippen LogP contribution in [0.15, 0.2) is 64.8 Å². The van der Waals surface area contributed by atoms with E-state index < -0.39 is 11.9 Å². The average Bonchev–Trinajstić information content (AvgIpc) is 3.02. The van der Waals surface area contributed by atoms with Crippen LogP contribution in [0.25, 0.3) is 5.70 Å². The van der Waals surface area contributed by atoms with Gasteiger partial charge < -0.3 is 10.2 Å². The monoisotopic (exact) mass is 338 g/mol. The van der Waals surface area contributed by atoms with Crippen molar-refractivity contribution in [1.82, 2.24) is 0 Å². The lowest BCUT2D eigenvalue weighted by molar-refractivity contribution is -0.113. The first-order chi connectivity index (χ1) is 11.9. The average molecular weight is 338 g/mol. The number of carbonyl (C=O) groups is 3. The highest BCUT2D eigenvalue weighted by atomic mass is 16.4. The summed E-state index contributed by atoms with van der Waals surface area (Å²) in [5.74, 6) is -2.50. The van der Waals surface area contributed by atoms with Gasteiger partial charge in [0.05, 0.1) is 16.8 Å². The van der Waals surface area contributed by atoms with Crippen molar-refractivity contribution in [1.29, 1.82) is 0 Å². The highest BCUT2D eigenvalue weighted by molar-refractivity contribution is 5.98. The molecule has 1 aliphatic rings. The van der Waals surface area contributed by atoms with Crippen LogP contribution in [0, 0.1) is 6.92 Å². The highest BCUT2D eigenvalue weighted by Gasteiger charge is 2.13. The lowest BCUT2D eigenvalue weighted by Gasteiger charge is -2.03. The molecule has 1 amide bonds. The zero-order valence-electron chi connectivity index (χ0n) is 13.2. The first-order valence-corrected chi connectivity index (χ1v) is 7.19. The Morgan fingerprint density at radius 2 is 1.40 bits per heavy atom. The quantitative estimate of drug-likeness (QED) is 0.889. The number of azo groups is 1. The molecule has 0 bridgehead atoms. The molecule has 0 atom stereocenters. The summed E-state index contributed by atoms with van der Waals surface area (Å²) in [5, 5.41) is 24.5. The normalized spacial score (nSPS) is 12.2. The number of carboxylic acids is 2. The van der Waals surface area contributed by atoms with Gasteiger partial charge in [-0.05, 0) is 24.6 Å². The highest BCUT2D eigenvalue weighted by Crippen LogP contribution is 2.19. The molecule has 7 heteroatoms. The van der Waals surface area contributed by atoms with Crippen molar-refractivity contribution < 1.29 is 24.6 Å². The van der Waals surface area contributed by atoms with Crippen LogP contribution in [0.3, 0.4) is 0 Å². The van der Waals surface area contributed by atoms with Gasteiger partial charge in [0.25, 0.3) is 5.91 Å². The molecule has 126 valence electrons. The molecule has 3 rings (SSSR count). The van der Waals surface area contributed by atoms with Gasteiger partial charge in [0.15, 0.2) is 0 Å². The molecule has 7 nitrogen and oxygen atoms in total. The molecule has 0 spiro atoms. The van der Waals surface area contributed by atoms with Crippen molar-refractivity contribution >= 4 is 23.5 Å². The number of hydrogen-bond donors (Lipinski definition) is 2. The SMILES string of the molecule is Cc1c(C(=O)O)cccc1C(=O)O.O=C1C=C(c2ccccc2)N=N1. The first-order valence-electron chi connectivity index (χ1n) is 7.19. The lowest BCUT2D eigenvalue weighted by Crippen LogP contribution is -2.06. The first kappa shape index (κ1) is 17.7. The Kier molecular flexibility index (Phi) is 5.52. The van der Waals surface area contributed by atoms with Gasteiger partial charge in [-0.15, -0.1) is 10.2 Å². The largest absolute Gasteiger partial charge is 0.478 e. The molecular weight excluding hydrogens is 324 g/mol. The third-order valence-electron chi connectivity index (χ3n) is 3.38. The molecular formula is C18H14N2O5. The Bertz CT molecular complexity index is 853. The van der Waals surface area contributed by atoms with E-state index in [4.69, 9.17) is 10.2 Å². The maximum absolute atomic E-state index is 10.7. The number of carbonyl (C=O) groups excluding carboxylic acids is 1. The molecule has 0 saturated heterocycles. The summed E-state index contributed by atoms with van der Waals surface area (Å²) in [6, 6.07) is 13.7. The van der Waals surface area contributed by atoms with Crippen LogP contribution in [0.2, 0.25) is 0 Å². The smallest absolute Gasteiger partial charge is 0.335 e. The summed E-state index contributed by atoms with van der Waals surface area (Å²) in [4.78, 5) is 31.9. The molecule has 0 aromatic heterocycles. The van der Waals surface area contributed by atoms with Crippen molar-refractivity contribution in [2.24, 2.45) is 10.2 Å². The summed E-state index contributed by atoms with van der Waals surface area (Å²) in [7, 11) is 0. The predicted molar refractivity (Wildman–Crippen MR) is 89.4 cm³/mol. The number of hydrogen-bond acceptors (Lipinski definition) is 4. The van der Waals surface area contributed by atoms with E-state index in [1.807, 2.05) is 30.3 Å². The molecule has 0 fully saturated rings. The number of benzene rings is 2. The third-order valence-corrected chi connectivity index (χ3v) is 3.38. The zero-order chi connectivity index (χ0) is 18.4. The number of rotatable bonds is 3. The Morgan fingerprint density at radius 3 is 1.84 bits per heavy atom. The minimum absolute atomic E-state index is 0.0277. The Morgan fingerprint density at radius 1 is 0.840 bits per heavy atom. The maximum Gasteiger partial charge on any atom is 0.335 e. The van der Waals surface area contributed by atoms with Crippen LogP contribution < -0.4 is 0 Å². The summed E-state index contributed by atoms with van der Waals surface area (Å²) in [6.07, 6.45) is 1.43. The summed E-state index contributed by atoms with van der Waals surface area (Å²) in [6.45, 7) is 1.48. The molecule has 1 heterocycles. The van der Waals surface area contributed by atoms with Gasteiger partial charge in [-0.1, -0.05) is 36.4 Å². The fourth-order valence-electron chi connectivity index (χ4n) is 2.13. The Labute approximate surface area is 143 Å². The summed E-state index contributed by atoms with van der Waals surface area (Å²) in [5.41, 5.74) is 1.90. The number of nitrogens with zero attached hydrogens (tertiary/aromatic N) is 2. The molecule has 2 aromatic carbocycles. The van der Waals surface area contributed by atoms with E-state index in [0.717, 1.165) is 5.56 Å². The minimum Gasteiger partial charge on any atom is -0.478 e. The molecule has 0 saturated carbocycles. The second-order valence-corrected chi connectivity index (χ2v) is 5.02. The fraction of sp³-hybridized carbons (Fsp3) is 0.0556. The van der Waals surface area contributed by atoms with Crippen molar-refractivity contribution in [3.63, 3.8) is 0 Å². The molecule has 0 unspecified atom stereocenters. The van der Waals surface area contributed by atoms with Crippen LogP contribution in [0.4, 0.5) is 0 Å². The van der Waals surface area contributed by atoms with Crippen LogP contribution >= 0.6 is 0 Å². The Hall–Kier alpha value is -3.61. The summed E-state index contributed by atoms with van der Waals surface area (Å²) >= 11 is 0. The van der Waals surface area contributed by atoms with Crippen LogP contribution in [-0.2, 0) is 4.79 Å². The summed E-state index contributed by atoms with van der Waals surface area (Å²) < 4.78 is 0. The zero-order valence-corrected chi connectivity index (χ0v) is 13.2. The molecule has 1 aliphatic heterocycles. The van der Waals surface area contributed by atoms with E-state index >= 15 is 0 Å². The number of carboxylic acid groups (broad SMARTS) is 2. The lowest BCUT2D eigenvalue weighted by atomic mass is 10.0. The topological polar surface area (TPSA) is 116 Å². The van der Waals surface area contributed by atoms with E-state index in [9.17, 15) is 14.4 Å². The van der Waals surface area contributed by atoms with E-state index in [-0.39, 0.29) is 22.6 Å². The van der Waals surface area contributed by atoms with Gasteiger partial charge in [0.2, 0.25) is 0 Å². The van der Waals surface area contributed by atoms with Crippen molar-refractivity contribution in [3.05, 3.63) is 76.9 Å². The number of amides is 1. The standard InChI is InChI=1S/C9H6N2O.C9H8O4/c12-9-6-8(10-11-9)7-4-2-1-3-5-7;1-5-6(8(10)11)3-2-4-7(5)9(12)13/h1-6H;2-4H,1H3,(H,10,11)(H,12,13). The van der Waals surface area contributed by atoms with Crippen LogP contribution in [-0.4, -0.2) is 28.1 Å². The van der Waals surface area contributed by atoms with Crippen molar-refractivity contribution in [3.8, 4) is 0 Å². The van der Waals surface area contributed by atoms with E-state index in [2.05, 4.69) is 10.2 Å². The molecule has 2 N–H and O–H groups in total. The van der Waals surface area contributed by atoms with Gasteiger partial charge in [-0.2, -0.15) is 0 Å². The third kappa shape index (κ3) is 4.44. The minimum atomic E-state index is -1.11. The Balaban J connectivity index is 0.000000181. The van der Waals surface area contributed by atoms with Gasteiger partial charge in [0, 0.05) is 11.6 Å². The number of aromatic carboxylic acids is 2. The molecule has 0 aliphatic carbocycles. The molecule has 0 radical (unpaired) electrons. The van der Waals surface area contributed by atoms with E-state index in [0.29, 0.717) is 5.70 Å². The van der Waals surface area contributed by atoms with Crippen LogP contribution in [0.1, 0.15) is 31.8 Å². The maximum atomic E-state index is 10.7. The predicted octanol–water partition coefficient (Wildman–Crippen LogP) is 3.41. The molecule has 25 heavy (non-hydrogen) atoms. The van der Waals surface area contributed by atoms with Crippen molar-refractivity contribution in [2.45, 2.75) is 6.92 Å². The van der Waals surface area contributed by atoms with Gasteiger partial charge >= 0.3 is 11.9 Å². The fourth-order valence-corrected chi connectivity index (χ4v) is 2.13. The van der Waals surface area contributed by atoms with E-state index in [1.165, 1.54) is 31.2 Å². The molecule has 2 aromatic rings.